The van der Waals surface area contributed by atoms with Crippen LogP contribution in [0.2, 0.25) is 0 Å². The van der Waals surface area contributed by atoms with E-state index in [1.54, 1.807) is 33.7 Å². The van der Waals surface area contributed by atoms with Crippen LogP contribution in [0.15, 0.2) is 57.7 Å². The number of amides is 1. The number of hydrogen-bond donors (Lipinski definition) is 0. The molecule has 1 aliphatic rings. The molecule has 0 saturated carbocycles. The van der Waals surface area contributed by atoms with Gasteiger partial charge in [0.25, 0.3) is 5.89 Å². The first-order valence-electron chi connectivity index (χ1n) is 12.5. The van der Waals surface area contributed by atoms with Crippen LogP contribution in [0.4, 0.5) is 13.6 Å². The Bertz CT molecular complexity index is 1490. The number of fused-ring (bicyclic) bond motifs is 1. The maximum atomic E-state index is 13.7. The van der Waals surface area contributed by atoms with Gasteiger partial charge in [0.2, 0.25) is 5.89 Å². The maximum absolute atomic E-state index is 13.7. The van der Waals surface area contributed by atoms with Gasteiger partial charge in [0, 0.05) is 24.7 Å². The Morgan fingerprint density at radius 3 is 2.32 bits per heavy atom. The normalized spacial score (nSPS) is 14.9. The molecule has 0 N–H and O–H groups in total. The van der Waals surface area contributed by atoms with Crippen LogP contribution in [0.5, 0.6) is 0 Å². The lowest BCUT2D eigenvalue weighted by molar-refractivity contribution is 0.0188. The number of ether oxygens (including phenoxy) is 1. The van der Waals surface area contributed by atoms with Gasteiger partial charge >= 0.3 is 18.2 Å². The number of imidazole rings is 1. The number of hydrogen-bond acceptors (Lipinski definition) is 6. The van der Waals surface area contributed by atoms with Gasteiger partial charge in [0.05, 0.1) is 17.6 Å². The zero-order valence-electron chi connectivity index (χ0n) is 21.4. The summed E-state index contributed by atoms with van der Waals surface area (Å²) in [5, 5.41) is 7.04. The molecule has 38 heavy (non-hydrogen) atoms. The average Bonchev–Trinajstić information content (AvgIpc) is 3.48. The molecular weight excluding hydrogens is 496 g/mol. The molecule has 200 valence electrons. The number of aromatic nitrogens is 4. The molecule has 0 radical (unpaired) electrons. The smallest absolute Gasteiger partial charge is 0.410 e. The minimum atomic E-state index is -2.83. The third-order valence-electron chi connectivity index (χ3n) is 6.52. The van der Waals surface area contributed by atoms with E-state index < -0.39 is 17.9 Å². The molecule has 0 aliphatic carbocycles. The summed E-state index contributed by atoms with van der Waals surface area (Å²) in [5.74, 6) is -0.710. The van der Waals surface area contributed by atoms with Crippen molar-refractivity contribution < 1.29 is 22.7 Å². The second kappa shape index (κ2) is 10.0. The molecule has 3 heterocycles. The van der Waals surface area contributed by atoms with Gasteiger partial charge in [-0.2, -0.15) is 8.78 Å². The highest BCUT2D eigenvalue weighted by Gasteiger charge is 2.29. The van der Waals surface area contributed by atoms with Crippen molar-refractivity contribution in [3.8, 4) is 11.5 Å². The number of alkyl halides is 2. The second-order valence-electron chi connectivity index (χ2n) is 10.4. The molecule has 1 fully saturated rings. The van der Waals surface area contributed by atoms with Crippen molar-refractivity contribution in [3.05, 3.63) is 70.5 Å². The number of halogens is 2. The molecule has 9 nitrogen and oxygen atoms in total. The van der Waals surface area contributed by atoms with Gasteiger partial charge in [0.1, 0.15) is 5.60 Å². The number of benzene rings is 2. The summed E-state index contributed by atoms with van der Waals surface area (Å²) in [7, 11) is 0. The first-order chi connectivity index (χ1) is 18.1. The van der Waals surface area contributed by atoms with Crippen molar-refractivity contribution >= 4 is 17.1 Å². The molecule has 0 bridgehead atoms. The van der Waals surface area contributed by atoms with Gasteiger partial charge in [-0.15, -0.1) is 10.2 Å². The van der Waals surface area contributed by atoms with E-state index in [0.29, 0.717) is 38.0 Å². The highest BCUT2D eigenvalue weighted by molar-refractivity contribution is 5.76. The highest BCUT2D eigenvalue weighted by Crippen LogP contribution is 2.28. The number of nitrogens with zero attached hydrogens (tertiary/aromatic N) is 5. The van der Waals surface area contributed by atoms with Gasteiger partial charge in [-0.05, 0) is 63.4 Å². The Hall–Kier alpha value is -4.02. The van der Waals surface area contributed by atoms with Crippen LogP contribution < -0.4 is 5.69 Å². The third kappa shape index (κ3) is 5.18. The molecule has 0 unspecified atom stereocenters. The Morgan fingerprint density at radius 1 is 1.05 bits per heavy atom. The zero-order valence-corrected chi connectivity index (χ0v) is 21.4. The minimum absolute atomic E-state index is 0.0124. The van der Waals surface area contributed by atoms with E-state index in [0.717, 1.165) is 16.6 Å². The van der Waals surface area contributed by atoms with E-state index in [1.165, 1.54) is 0 Å². The third-order valence-corrected chi connectivity index (χ3v) is 6.52. The van der Waals surface area contributed by atoms with Crippen LogP contribution in [0.25, 0.3) is 22.5 Å². The Labute approximate surface area is 217 Å². The summed E-state index contributed by atoms with van der Waals surface area (Å²) < 4.78 is 39.6. The molecule has 0 spiro atoms. The minimum Gasteiger partial charge on any atom is -0.444 e. The van der Waals surface area contributed by atoms with Crippen LogP contribution in [0, 0.1) is 0 Å². The fraction of sp³-hybridized carbons (Fsp3) is 0.407. The lowest BCUT2D eigenvalue weighted by atomic mass is 10.0. The molecule has 0 atom stereocenters. The van der Waals surface area contributed by atoms with Gasteiger partial charge in [-0.3, -0.25) is 9.13 Å². The van der Waals surface area contributed by atoms with E-state index in [-0.39, 0.29) is 23.7 Å². The lowest BCUT2D eigenvalue weighted by Crippen LogP contribution is -2.43. The molecular formula is C27H29F2N5O4. The van der Waals surface area contributed by atoms with Gasteiger partial charge in [0.15, 0.2) is 0 Å². The summed E-state index contributed by atoms with van der Waals surface area (Å²) in [6.45, 7) is 6.87. The van der Waals surface area contributed by atoms with Crippen LogP contribution in [0.1, 0.15) is 57.5 Å². The molecule has 4 aromatic rings. The highest BCUT2D eigenvalue weighted by atomic mass is 19.3. The monoisotopic (exact) mass is 525 g/mol. The Morgan fingerprint density at radius 2 is 1.71 bits per heavy atom. The lowest BCUT2D eigenvalue weighted by Gasteiger charge is -2.33. The first-order valence-corrected chi connectivity index (χ1v) is 12.5. The van der Waals surface area contributed by atoms with E-state index in [1.807, 2.05) is 49.6 Å². The van der Waals surface area contributed by atoms with E-state index in [9.17, 15) is 18.4 Å². The number of carbonyl (C=O) groups excluding carboxylic acids is 1. The fourth-order valence-corrected chi connectivity index (χ4v) is 4.75. The number of carbonyl (C=O) groups is 1. The van der Waals surface area contributed by atoms with E-state index in [4.69, 9.17) is 9.15 Å². The topological polar surface area (TPSA) is 95.4 Å². The molecule has 1 aliphatic heterocycles. The summed E-state index contributed by atoms with van der Waals surface area (Å²) >= 11 is 0. The molecule has 5 rings (SSSR count). The molecule has 2 aromatic carbocycles. The molecule has 2 aromatic heterocycles. The number of piperidine rings is 1. The summed E-state index contributed by atoms with van der Waals surface area (Å²) in [6, 6.07) is 14.6. The predicted octanol–water partition coefficient (Wildman–Crippen LogP) is 5.41. The standard InChI is InChI=1S/C27H29F2N5O4/c1-27(2,3)38-26(36)32-14-12-19(13-15-32)34-21-7-5-4-6-20(21)33(25(34)35)16-17-8-10-18(11-9-17)23-30-31-24(37-23)22(28)29/h4-11,19,22H,12-16H2,1-3H3. The molecule has 1 saturated heterocycles. The zero-order chi connectivity index (χ0) is 27.0. The van der Waals surface area contributed by atoms with E-state index in [2.05, 4.69) is 10.2 Å². The largest absolute Gasteiger partial charge is 0.444 e. The van der Waals surface area contributed by atoms with Gasteiger partial charge in [-0.1, -0.05) is 24.3 Å². The van der Waals surface area contributed by atoms with E-state index >= 15 is 0 Å². The summed E-state index contributed by atoms with van der Waals surface area (Å²) in [5.41, 5.74) is 2.34. The first kappa shape index (κ1) is 25.6. The Balaban J connectivity index is 1.36. The average molecular weight is 526 g/mol. The maximum Gasteiger partial charge on any atom is 0.410 e. The van der Waals surface area contributed by atoms with Crippen molar-refractivity contribution in [2.24, 2.45) is 0 Å². The van der Waals surface area contributed by atoms with Crippen LogP contribution in [-0.4, -0.2) is 49.0 Å². The van der Waals surface area contributed by atoms with Crippen LogP contribution in [-0.2, 0) is 11.3 Å². The van der Waals surface area contributed by atoms with Crippen molar-refractivity contribution in [2.45, 2.75) is 58.2 Å². The van der Waals surface area contributed by atoms with Crippen molar-refractivity contribution in [1.29, 1.82) is 0 Å². The summed E-state index contributed by atoms with van der Waals surface area (Å²) in [4.78, 5) is 27.8. The van der Waals surface area contributed by atoms with Crippen LogP contribution in [0.3, 0.4) is 0 Å². The van der Waals surface area contributed by atoms with Crippen molar-refractivity contribution in [3.63, 3.8) is 0 Å². The predicted molar refractivity (Wildman–Crippen MR) is 136 cm³/mol. The Kier molecular flexibility index (Phi) is 6.77. The summed E-state index contributed by atoms with van der Waals surface area (Å²) in [6.07, 6.45) is -1.87. The molecule has 1 amide bonds. The number of para-hydroxylation sites is 2. The van der Waals surface area contributed by atoms with Crippen LogP contribution >= 0.6 is 0 Å². The SMILES string of the molecule is CC(C)(C)OC(=O)N1CCC(n2c(=O)n(Cc3ccc(-c4nnc(C(F)F)o4)cc3)c3ccccc32)CC1. The van der Waals surface area contributed by atoms with Crippen molar-refractivity contribution in [1.82, 2.24) is 24.2 Å². The number of likely N-dealkylation sites (tertiary alicyclic amines) is 1. The second-order valence-corrected chi connectivity index (χ2v) is 10.4. The number of rotatable bonds is 5. The van der Waals surface area contributed by atoms with Crippen molar-refractivity contribution in [2.75, 3.05) is 13.1 Å². The molecule has 11 heteroatoms. The fourth-order valence-electron chi connectivity index (χ4n) is 4.75. The quantitative estimate of drug-likeness (QED) is 0.346. The van der Waals surface area contributed by atoms with Gasteiger partial charge < -0.3 is 14.1 Å². The van der Waals surface area contributed by atoms with Gasteiger partial charge in [-0.25, -0.2) is 9.59 Å².